The van der Waals surface area contributed by atoms with Gasteiger partial charge in [0.1, 0.15) is 12.6 Å². The normalized spacial score (nSPS) is 12.2. The highest BCUT2D eigenvalue weighted by Crippen LogP contribution is 2.25. The number of nitrogens with zero attached hydrogens (tertiary/aromatic N) is 2. The van der Waals surface area contributed by atoms with Gasteiger partial charge in [-0.05, 0) is 76.9 Å². The van der Waals surface area contributed by atoms with E-state index in [-0.39, 0.29) is 23.4 Å². The Balaban J connectivity index is 2.03. The van der Waals surface area contributed by atoms with E-state index in [1.807, 2.05) is 65.0 Å². The van der Waals surface area contributed by atoms with Gasteiger partial charge in [0.05, 0.1) is 10.6 Å². The number of hydrogen-bond acceptors (Lipinski definition) is 4. The molecule has 1 N–H and O–H groups in total. The number of hydrogen-bond donors (Lipinski definition) is 1. The Morgan fingerprint density at radius 3 is 2.00 bits per heavy atom. The Morgan fingerprint density at radius 1 is 0.816 bits per heavy atom. The van der Waals surface area contributed by atoms with Gasteiger partial charge in [-0.3, -0.25) is 13.9 Å². The molecule has 0 spiro atoms. The Kier molecular flexibility index (Phi) is 9.33. The average molecular weight is 536 g/mol. The van der Waals surface area contributed by atoms with Gasteiger partial charge in [0, 0.05) is 12.6 Å². The quantitative estimate of drug-likeness (QED) is 0.406. The first kappa shape index (κ1) is 28.9. The highest BCUT2D eigenvalue weighted by atomic mass is 32.2. The lowest BCUT2D eigenvalue weighted by Crippen LogP contribution is -2.52. The first-order chi connectivity index (χ1) is 17.9. The van der Waals surface area contributed by atoms with Crippen molar-refractivity contribution in [2.75, 3.05) is 10.8 Å². The number of anilines is 1. The van der Waals surface area contributed by atoms with E-state index in [1.165, 1.54) is 4.90 Å². The lowest BCUT2D eigenvalue weighted by atomic mass is 10.1. The van der Waals surface area contributed by atoms with E-state index in [4.69, 9.17) is 0 Å². The monoisotopic (exact) mass is 535 g/mol. The molecule has 0 unspecified atom stereocenters. The molecular weight excluding hydrogens is 498 g/mol. The number of carbonyl (C=O) groups excluding carboxylic acids is 2. The summed E-state index contributed by atoms with van der Waals surface area (Å²) < 4.78 is 28.8. The molecule has 0 fully saturated rings. The topological polar surface area (TPSA) is 86.8 Å². The molecule has 0 aliphatic heterocycles. The van der Waals surface area contributed by atoms with Crippen molar-refractivity contribution in [3.63, 3.8) is 0 Å². The van der Waals surface area contributed by atoms with Crippen molar-refractivity contribution >= 4 is 27.5 Å². The van der Waals surface area contributed by atoms with Crippen LogP contribution in [0.4, 0.5) is 5.69 Å². The number of sulfonamides is 1. The summed E-state index contributed by atoms with van der Waals surface area (Å²) in [7, 11) is -4.08. The van der Waals surface area contributed by atoms with Crippen molar-refractivity contribution in [3.05, 3.63) is 95.1 Å². The van der Waals surface area contributed by atoms with Crippen LogP contribution in [0.25, 0.3) is 0 Å². The van der Waals surface area contributed by atoms with Crippen LogP contribution in [0, 0.1) is 20.8 Å². The maximum atomic E-state index is 13.9. The van der Waals surface area contributed by atoms with Crippen molar-refractivity contribution in [1.82, 2.24) is 10.2 Å². The van der Waals surface area contributed by atoms with Crippen molar-refractivity contribution < 1.29 is 18.0 Å². The molecule has 38 heavy (non-hydrogen) atoms. The minimum atomic E-state index is -4.08. The first-order valence-electron chi connectivity index (χ1n) is 12.7. The molecular formula is C30H37N3O4S. The zero-order chi connectivity index (χ0) is 28.0. The zero-order valence-corrected chi connectivity index (χ0v) is 23.7. The van der Waals surface area contributed by atoms with Gasteiger partial charge < -0.3 is 10.2 Å². The fraction of sp³-hybridized carbons (Fsp3) is 0.333. The average Bonchev–Trinajstić information content (AvgIpc) is 2.85. The van der Waals surface area contributed by atoms with Crippen molar-refractivity contribution in [3.8, 4) is 0 Å². The highest BCUT2D eigenvalue weighted by molar-refractivity contribution is 7.92. The van der Waals surface area contributed by atoms with Crippen LogP contribution in [0.1, 0.15) is 43.0 Å². The molecule has 3 rings (SSSR count). The molecule has 1 atom stereocenters. The number of rotatable bonds is 10. The van der Waals surface area contributed by atoms with Crippen LogP contribution in [0.2, 0.25) is 0 Å². The highest BCUT2D eigenvalue weighted by Gasteiger charge is 2.32. The minimum Gasteiger partial charge on any atom is -0.352 e. The molecule has 0 aliphatic carbocycles. The van der Waals surface area contributed by atoms with Crippen LogP contribution >= 0.6 is 0 Å². The molecule has 8 heteroatoms. The van der Waals surface area contributed by atoms with Gasteiger partial charge >= 0.3 is 0 Å². The van der Waals surface area contributed by atoms with Gasteiger partial charge in [-0.1, -0.05) is 59.7 Å². The van der Waals surface area contributed by atoms with Gasteiger partial charge in [0.25, 0.3) is 10.0 Å². The molecule has 0 bridgehead atoms. The lowest BCUT2D eigenvalue weighted by Gasteiger charge is -2.32. The van der Waals surface area contributed by atoms with E-state index in [1.54, 1.807) is 49.4 Å². The summed E-state index contributed by atoms with van der Waals surface area (Å²) in [6.45, 7) is 10.8. The van der Waals surface area contributed by atoms with Crippen LogP contribution in [0.3, 0.4) is 0 Å². The minimum absolute atomic E-state index is 0.0910. The number of benzene rings is 3. The second-order valence-corrected chi connectivity index (χ2v) is 11.9. The van der Waals surface area contributed by atoms with E-state index in [0.717, 1.165) is 26.6 Å². The second-order valence-electron chi connectivity index (χ2n) is 10.0. The third kappa shape index (κ3) is 7.22. The number of aryl methyl sites for hydroxylation is 3. The number of carbonyl (C=O) groups is 2. The smallest absolute Gasteiger partial charge is 0.264 e. The molecule has 2 amide bonds. The summed E-state index contributed by atoms with van der Waals surface area (Å²) in [5, 5.41) is 2.86. The Bertz CT molecular complexity index is 1380. The molecule has 0 saturated carbocycles. The van der Waals surface area contributed by atoms with E-state index >= 15 is 0 Å². The first-order valence-corrected chi connectivity index (χ1v) is 14.1. The summed E-state index contributed by atoms with van der Waals surface area (Å²) in [6, 6.07) is 20.4. The molecule has 0 aromatic heterocycles. The van der Waals surface area contributed by atoms with Crippen LogP contribution in [0.15, 0.2) is 77.7 Å². The second kappa shape index (κ2) is 12.3. The van der Waals surface area contributed by atoms with Crippen molar-refractivity contribution in [1.29, 1.82) is 0 Å². The number of nitrogens with one attached hydrogen (secondary N) is 1. The Hall–Kier alpha value is -3.65. The molecule has 0 aliphatic rings. The molecule has 3 aromatic carbocycles. The van der Waals surface area contributed by atoms with Gasteiger partial charge in [-0.15, -0.1) is 0 Å². The predicted octanol–water partition coefficient (Wildman–Crippen LogP) is 4.75. The largest absolute Gasteiger partial charge is 0.352 e. The maximum Gasteiger partial charge on any atom is 0.264 e. The van der Waals surface area contributed by atoms with Crippen LogP contribution in [-0.2, 0) is 26.2 Å². The summed E-state index contributed by atoms with van der Waals surface area (Å²) in [4.78, 5) is 28.4. The molecule has 7 nitrogen and oxygen atoms in total. The molecule has 0 radical (unpaired) electrons. The fourth-order valence-corrected chi connectivity index (χ4v) is 5.55. The third-order valence-electron chi connectivity index (χ3n) is 6.21. The number of amides is 2. The lowest BCUT2D eigenvalue weighted by molar-refractivity contribution is -0.139. The standard InChI is InChI=1S/C30H37N3O4S/c1-21(2)31-30(35)25(6)32(19-26-11-7-9-23(4)17-26)29(34)20-33(27-12-8-10-24(5)18-27)38(36,37)28-15-13-22(3)14-16-28/h7-18,21,25H,19-20H2,1-6H3,(H,31,35)/t25-/m1/s1. The summed E-state index contributed by atoms with van der Waals surface area (Å²) in [6.07, 6.45) is 0. The fourth-order valence-electron chi connectivity index (χ4n) is 4.14. The van der Waals surface area contributed by atoms with Crippen LogP contribution in [-0.4, -0.2) is 43.8 Å². The summed E-state index contributed by atoms with van der Waals surface area (Å²) >= 11 is 0. The Labute approximate surface area is 226 Å². The SMILES string of the molecule is Cc1ccc(S(=O)(=O)N(CC(=O)N(Cc2cccc(C)c2)[C@H](C)C(=O)NC(C)C)c2cccc(C)c2)cc1. The van der Waals surface area contributed by atoms with Gasteiger partial charge in [0.2, 0.25) is 11.8 Å². The molecule has 0 saturated heterocycles. The zero-order valence-electron chi connectivity index (χ0n) is 22.9. The van der Waals surface area contributed by atoms with E-state index < -0.39 is 28.5 Å². The maximum absolute atomic E-state index is 13.9. The van der Waals surface area contributed by atoms with Crippen molar-refractivity contribution in [2.24, 2.45) is 0 Å². The summed E-state index contributed by atoms with van der Waals surface area (Å²) in [5.41, 5.74) is 4.05. The van der Waals surface area contributed by atoms with Gasteiger partial charge in [-0.25, -0.2) is 8.42 Å². The summed E-state index contributed by atoms with van der Waals surface area (Å²) in [5.74, 6) is -0.778. The molecule has 202 valence electrons. The van der Waals surface area contributed by atoms with Crippen LogP contribution in [0.5, 0.6) is 0 Å². The van der Waals surface area contributed by atoms with E-state index in [9.17, 15) is 18.0 Å². The predicted molar refractivity (Wildman–Crippen MR) is 151 cm³/mol. The molecule has 3 aromatic rings. The van der Waals surface area contributed by atoms with Crippen molar-refractivity contribution in [2.45, 2.75) is 65.1 Å². The third-order valence-corrected chi connectivity index (χ3v) is 8.00. The van der Waals surface area contributed by atoms with Crippen LogP contribution < -0.4 is 9.62 Å². The van der Waals surface area contributed by atoms with E-state index in [2.05, 4.69) is 5.32 Å². The van der Waals surface area contributed by atoms with Gasteiger partial charge in [0.15, 0.2) is 0 Å². The Morgan fingerprint density at radius 2 is 1.42 bits per heavy atom. The van der Waals surface area contributed by atoms with Gasteiger partial charge in [-0.2, -0.15) is 0 Å². The molecule has 0 heterocycles. The van der Waals surface area contributed by atoms with E-state index in [0.29, 0.717) is 5.69 Å².